The smallest absolute Gasteiger partial charge is 0.130 e. The predicted molar refractivity (Wildman–Crippen MR) is 53.8 cm³/mol. The van der Waals surface area contributed by atoms with Crippen LogP contribution in [0.15, 0.2) is 24.3 Å². The summed E-state index contributed by atoms with van der Waals surface area (Å²) in [5.74, 6) is -0.813. The van der Waals surface area contributed by atoms with Crippen molar-refractivity contribution in [2.75, 3.05) is 5.33 Å². The fraction of sp³-hybridized carbons (Fsp3) is 0.200. The topological polar surface area (TPSA) is 0 Å². The number of allylic oxidation sites excluding steroid dienone is 1. The standard InChI is InChI=1S/C10H9BrF2/c11-6-2-1-3-8-7-9(12)4-5-10(8)13/h1,3-5,7H,2,6H2/b3-1+. The molecule has 0 nitrogen and oxygen atoms in total. The largest absolute Gasteiger partial charge is 0.207 e. The minimum atomic E-state index is -0.417. The first kappa shape index (κ1) is 10.4. The first-order chi connectivity index (χ1) is 6.24. The molecule has 0 saturated carbocycles. The molecule has 0 atom stereocenters. The zero-order valence-electron chi connectivity index (χ0n) is 6.93. The van der Waals surface area contributed by atoms with E-state index in [-0.39, 0.29) is 0 Å². The molecule has 0 aliphatic rings. The second-order valence-electron chi connectivity index (χ2n) is 2.55. The summed E-state index contributed by atoms with van der Waals surface area (Å²) in [5, 5.41) is 0.820. The molecule has 0 aliphatic carbocycles. The average Bonchev–Trinajstić information content (AvgIpc) is 2.11. The Kier molecular flexibility index (Phi) is 4.09. The molecule has 1 rings (SSSR count). The van der Waals surface area contributed by atoms with Crippen LogP contribution >= 0.6 is 15.9 Å². The fourth-order valence-electron chi connectivity index (χ4n) is 0.916. The minimum absolute atomic E-state index is 0.293. The third-order valence-corrected chi connectivity index (χ3v) is 1.99. The molecule has 3 heteroatoms. The van der Waals surface area contributed by atoms with Crippen molar-refractivity contribution in [3.8, 4) is 0 Å². The SMILES string of the molecule is Fc1ccc(F)c(/C=C/CCBr)c1. The van der Waals surface area contributed by atoms with Crippen LogP contribution in [0.4, 0.5) is 8.78 Å². The second kappa shape index (κ2) is 5.12. The van der Waals surface area contributed by atoms with Gasteiger partial charge in [-0.15, -0.1) is 0 Å². The van der Waals surface area contributed by atoms with Crippen molar-refractivity contribution < 1.29 is 8.78 Å². The Labute approximate surface area is 84.4 Å². The van der Waals surface area contributed by atoms with Crippen molar-refractivity contribution in [2.45, 2.75) is 6.42 Å². The Morgan fingerprint density at radius 1 is 1.31 bits per heavy atom. The molecule has 0 bridgehead atoms. The Hall–Kier alpha value is -0.700. The van der Waals surface area contributed by atoms with Crippen molar-refractivity contribution in [1.29, 1.82) is 0 Å². The lowest BCUT2D eigenvalue weighted by atomic mass is 10.2. The van der Waals surface area contributed by atoms with Crippen LogP contribution < -0.4 is 0 Å². The van der Waals surface area contributed by atoms with E-state index < -0.39 is 11.6 Å². The summed E-state index contributed by atoms with van der Waals surface area (Å²) < 4.78 is 25.6. The van der Waals surface area contributed by atoms with E-state index in [0.717, 1.165) is 23.9 Å². The molecule has 0 unspecified atom stereocenters. The number of hydrogen-bond acceptors (Lipinski definition) is 0. The third-order valence-electron chi connectivity index (χ3n) is 1.53. The van der Waals surface area contributed by atoms with Gasteiger partial charge in [-0.3, -0.25) is 0 Å². The van der Waals surface area contributed by atoms with Crippen molar-refractivity contribution >= 4 is 22.0 Å². The van der Waals surface area contributed by atoms with Crippen molar-refractivity contribution in [3.63, 3.8) is 0 Å². The molecule has 0 amide bonds. The summed E-state index contributed by atoms with van der Waals surface area (Å²) in [6, 6.07) is 3.42. The van der Waals surface area contributed by atoms with Gasteiger partial charge >= 0.3 is 0 Å². The van der Waals surface area contributed by atoms with Crippen molar-refractivity contribution in [2.24, 2.45) is 0 Å². The highest BCUT2D eigenvalue weighted by atomic mass is 79.9. The molecule has 1 aromatic rings. The molecule has 0 saturated heterocycles. The maximum Gasteiger partial charge on any atom is 0.130 e. The summed E-state index contributed by atoms with van der Waals surface area (Å²) in [4.78, 5) is 0. The van der Waals surface area contributed by atoms with Crippen molar-refractivity contribution in [3.05, 3.63) is 41.5 Å². The van der Waals surface area contributed by atoms with E-state index in [1.807, 2.05) is 0 Å². The predicted octanol–water partition coefficient (Wildman–Crippen LogP) is 3.76. The van der Waals surface area contributed by atoms with Crippen molar-refractivity contribution in [1.82, 2.24) is 0 Å². The maximum absolute atomic E-state index is 13.0. The molecule has 0 aromatic heterocycles. The summed E-state index contributed by atoms with van der Waals surface area (Å²) in [6.45, 7) is 0. The maximum atomic E-state index is 13.0. The van der Waals surface area contributed by atoms with Gasteiger partial charge in [0.15, 0.2) is 0 Å². The van der Waals surface area contributed by atoms with Crippen LogP contribution in [0.25, 0.3) is 6.08 Å². The monoisotopic (exact) mass is 246 g/mol. The highest BCUT2D eigenvalue weighted by molar-refractivity contribution is 9.09. The summed E-state index contributed by atoms with van der Waals surface area (Å²) >= 11 is 3.24. The van der Waals surface area contributed by atoms with Crippen LogP contribution in [0, 0.1) is 11.6 Å². The quantitative estimate of drug-likeness (QED) is 0.713. The van der Waals surface area contributed by atoms with E-state index in [9.17, 15) is 8.78 Å². The Morgan fingerprint density at radius 2 is 2.08 bits per heavy atom. The van der Waals surface area contributed by atoms with Crippen LogP contribution in [0.1, 0.15) is 12.0 Å². The van der Waals surface area contributed by atoms with Gasteiger partial charge in [0.2, 0.25) is 0 Å². The number of alkyl halides is 1. The second-order valence-corrected chi connectivity index (χ2v) is 3.34. The van der Waals surface area contributed by atoms with Gasteiger partial charge in [-0.2, -0.15) is 0 Å². The molecule has 0 N–H and O–H groups in total. The molecule has 70 valence electrons. The molecular formula is C10H9BrF2. The van der Waals surface area contributed by atoms with Crippen LogP contribution in [0.5, 0.6) is 0 Å². The third kappa shape index (κ3) is 3.27. The zero-order valence-corrected chi connectivity index (χ0v) is 8.52. The molecule has 0 heterocycles. The molecule has 0 aliphatic heterocycles. The Morgan fingerprint density at radius 3 is 2.77 bits per heavy atom. The van der Waals surface area contributed by atoms with Gasteiger partial charge in [0, 0.05) is 10.9 Å². The Bertz CT molecular complexity index is 308. The van der Waals surface area contributed by atoms with E-state index in [1.54, 1.807) is 12.2 Å². The Balaban J connectivity index is 2.81. The minimum Gasteiger partial charge on any atom is -0.207 e. The highest BCUT2D eigenvalue weighted by Gasteiger charge is 1.98. The number of halogens is 3. The number of rotatable bonds is 3. The van der Waals surface area contributed by atoms with Gasteiger partial charge < -0.3 is 0 Å². The lowest BCUT2D eigenvalue weighted by Gasteiger charge is -1.95. The molecule has 1 aromatic carbocycles. The summed E-state index contributed by atoms with van der Waals surface area (Å²) in [6.07, 6.45) is 4.18. The van der Waals surface area contributed by atoms with Gasteiger partial charge in [-0.05, 0) is 24.6 Å². The first-order valence-electron chi connectivity index (χ1n) is 3.91. The van der Waals surface area contributed by atoms with E-state index >= 15 is 0 Å². The lowest BCUT2D eigenvalue weighted by molar-refractivity contribution is 0.598. The van der Waals surface area contributed by atoms with Crippen LogP contribution in [0.3, 0.4) is 0 Å². The van der Waals surface area contributed by atoms with Gasteiger partial charge in [-0.25, -0.2) is 8.78 Å². The van der Waals surface area contributed by atoms with Gasteiger partial charge in [0.1, 0.15) is 11.6 Å². The molecular weight excluding hydrogens is 238 g/mol. The van der Waals surface area contributed by atoms with Gasteiger partial charge in [-0.1, -0.05) is 28.1 Å². The van der Waals surface area contributed by atoms with E-state index in [4.69, 9.17) is 0 Å². The number of hydrogen-bond donors (Lipinski definition) is 0. The van der Waals surface area contributed by atoms with E-state index in [1.165, 1.54) is 6.07 Å². The lowest BCUT2D eigenvalue weighted by Crippen LogP contribution is -1.83. The molecule has 13 heavy (non-hydrogen) atoms. The van der Waals surface area contributed by atoms with Crippen LogP contribution in [-0.4, -0.2) is 5.33 Å². The highest BCUT2D eigenvalue weighted by Crippen LogP contribution is 2.11. The van der Waals surface area contributed by atoms with Gasteiger partial charge in [0.05, 0.1) is 0 Å². The number of benzene rings is 1. The summed E-state index contributed by atoms with van der Waals surface area (Å²) in [5.41, 5.74) is 0.293. The van der Waals surface area contributed by atoms with Crippen LogP contribution in [-0.2, 0) is 0 Å². The normalized spacial score (nSPS) is 11.0. The first-order valence-corrected chi connectivity index (χ1v) is 5.03. The van der Waals surface area contributed by atoms with E-state index in [2.05, 4.69) is 15.9 Å². The van der Waals surface area contributed by atoms with Crippen LogP contribution in [0.2, 0.25) is 0 Å². The molecule has 0 radical (unpaired) electrons. The molecule has 0 spiro atoms. The summed E-state index contributed by atoms with van der Waals surface area (Å²) in [7, 11) is 0. The zero-order chi connectivity index (χ0) is 9.68. The average molecular weight is 247 g/mol. The van der Waals surface area contributed by atoms with E-state index in [0.29, 0.717) is 5.56 Å². The fourth-order valence-corrected chi connectivity index (χ4v) is 1.18. The molecule has 0 fully saturated rings. The van der Waals surface area contributed by atoms with Gasteiger partial charge in [0.25, 0.3) is 0 Å².